The number of hydrogen-bond donors (Lipinski definition) is 0. The number of benzene rings is 1. The summed E-state index contributed by atoms with van der Waals surface area (Å²) in [6, 6.07) is 4.83. The number of rotatable bonds is 3. The summed E-state index contributed by atoms with van der Waals surface area (Å²) in [5.74, 6) is -0.363. The van der Waals surface area contributed by atoms with Gasteiger partial charge in [-0.15, -0.1) is 0 Å². The highest BCUT2D eigenvalue weighted by Gasteiger charge is 2.36. The van der Waals surface area contributed by atoms with Gasteiger partial charge in [0.15, 0.2) is 0 Å². The van der Waals surface area contributed by atoms with E-state index in [1.54, 1.807) is 4.90 Å². The van der Waals surface area contributed by atoms with Crippen molar-refractivity contribution in [2.45, 2.75) is 32.9 Å². The van der Waals surface area contributed by atoms with Gasteiger partial charge in [-0.2, -0.15) is 13.2 Å². The van der Waals surface area contributed by atoms with Crippen molar-refractivity contribution in [2.24, 2.45) is 5.92 Å². The van der Waals surface area contributed by atoms with E-state index in [4.69, 9.17) is 0 Å². The number of amides is 2. The van der Waals surface area contributed by atoms with Crippen LogP contribution in [0.5, 0.6) is 0 Å². The van der Waals surface area contributed by atoms with Gasteiger partial charge in [0.2, 0.25) is 5.91 Å². The fraction of sp³-hybridized carbons (Fsp3) is 0.556. The standard InChI is InChI=1S/C18H23F3N2O2/c1-13(2)12-16(24)22-8-5-9-23(11-10-22)17(25)14-6-3-4-7-15(14)18(19,20)21/h3-4,6-7,13H,5,8-12H2,1-2H3. The maximum absolute atomic E-state index is 13.1. The molecular formula is C18H23F3N2O2. The quantitative estimate of drug-likeness (QED) is 0.833. The first kappa shape index (κ1) is 19.3. The Morgan fingerprint density at radius 1 is 1.04 bits per heavy atom. The van der Waals surface area contributed by atoms with Crippen LogP contribution in [0.15, 0.2) is 24.3 Å². The Morgan fingerprint density at radius 2 is 1.64 bits per heavy atom. The van der Waals surface area contributed by atoms with Gasteiger partial charge in [-0.1, -0.05) is 26.0 Å². The maximum atomic E-state index is 13.1. The molecule has 1 heterocycles. The van der Waals surface area contributed by atoms with Gasteiger partial charge in [0.05, 0.1) is 11.1 Å². The van der Waals surface area contributed by atoms with Gasteiger partial charge < -0.3 is 9.80 Å². The molecule has 0 radical (unpaired) electrons. The molecule has 1 saturated heterocycles. The molecule has 4 nitrogen and oxygen atoms in total. The number of alkyl halides is 3. The molecule has 1 aliphatic heterocycles. The molecule has 0 spiro atoms. The zero-order valence-electron chi connectivity index (χ0n) is 14.5. The number of halogens is 3. The van der Waals surface area contributed by atoms with Gasteiger partial charge in [0.1, 0.15) is 0 Å². The summed E-state index contributed by atoms with van der Waals surface area (Å²) < 4.78 is 39.4. The first-order chi connectivity index (χ1) is 11.7. The molecule has 0 unspecified atom stereocenters. The third kappa shape index (κ3) is 4.96. The van der Waals surface area contributed by atoms with Crippen LogP contribution in [0.2, 0.25) is 0 Å². The van der Waals surface area contributed by atoms with E-state index < -0.39 is 17.6 Å². The molecule has 1 aromatic carbocycles. The van der Waals surface area contributed by atoms with E-state index in [0.717, 1.165) is 6.07 Å². The summed E-state index contributed by atoms with van der Waals surface area (Å²) in [6.07, 6.45) is -3.58. The summed E-state index contributed by atoms with van der Waals surface area (Å²) in [5.41, 5.74) is -1.26. The van der Waals surface area contributed by atoms with E-state index in [1.165, 1.54) is 23.1 Å². The van der Waals surface area contributed by atoms with Crippen LogP contribution in [0.25, 0.3) is 0 Å². The molecule has 1 aromatic rings. The highest BCUT2D eigenvalue weighted by atomic mass is 19.4. The van der Waals surface area contributed by atoms with Crippen LogP contribution in [0.4, 0.5) is 13.2 Å². The molecule has 1 aliphatic rings. The van der Waals surface area contributed by atoms with Crippen molar-refractivity contribution in [1.29, 1.82) is 0 Å². The molecule has 0 aliphatic carbocycles. The van der Waals surface area contributed by atoms with E-state index >= 15 is 0 Å². The maximum Gasteiger partial charge on any atom is 0.417 e. The first-order valence-corrected chi connectivity index (χ1v) is 8.43. The fourth-order valence-electron chi connectivity index (χ4n) is 2.94. The number of nitrogens with zero attached hydrogens (tertiary/aromatic N) is 2. The molecule has 0 N–H and O–H groups in total. The molecule has 7 heteroatoms. The van der Waals surface area contributed by atoms with Gasteiger partial charge in [0, 0.05) is 32.6 Å². The van der Waals surface area contributed by atoms with Gasteiger partial charge in [-0.3, -0.25) is 9.59 Å². The molecule has 0 aromatic heterocycles. The van der Waals surface area contributed by atoms with Crippen molar-refractivity contribution in [2.75, 3.05) is 26.2 Å². The van der Waals surface area contributed by atoms with Crippen LogP contribution in [-0.2, 0) is 11.0 Å². The monoisotopic (exact) mass is 356 g/mol. The summed E-state index contributed by atoms with van der Waals surface area (Å²) in [6.45, 7) is 5.38. The summed E-state index contributed by atoms with van der Waals surface area (Å²) in [7, 11) is 0. The molecule has 25 heavy (non-hydrogen) atoms. The highest BCUT2D eigenvalue weighted by molar-refractivity contribution is 5.96. The molecule has 2 rings (SSSR count). The average Bonchev–Trinajstić information content (AvgIpc) is 2.79. The second-order valence-electron chi connectivity index (χ2n) is 6.67. The second-order valence-corrected chi connectivity index (χ2v) is 6.67. The zero-order valence-corrected chi connectivity index (χ0v) is 14.5. The second kappa shape index (κ2) is 7.89. The first-order valence-electron chi connectivity index (χ1n) is 8.43. The van der Waals surface area contributed by atoms with E-state index in [9.17, 15) is 22.8 Å². The number of hydrogen-bond acceptors (Lipinski definition) is 2. The van der Waals surface area contributed by atoms with Gasteiger partial charge >= 0.3 is 6.18 Å². The van der Waals surface area contributed by atoms with Crippen LogP contribution in [0, 0.1) is 5.92 Å². The Morgan fingerprint density at radius 3 is 2.28 bits per heavy atom. The molecular weight excluding hydrogens is 333 g/mol. The largest absolute Gasteiger partial charge is 0.417 e. The predicted octanol–water partition coefficient (Wildman–Crippen LogP) is 3.43. The van der Waals surface area contributed by atoms with Crippen LogP contribution >= 0.6 is 0 Å². The van der Waals surface area contributed by atoms with Crippen molar-refractivity contribution in [3.63, 3.8) is 0 Å². The zero-order chi connectivity index (χ0) is 18.6. The smallest absolute Gasteiger partial charge is 0.341 e. The predicted molar refractivity (Wildman–Crippen MR) is 88.0 cm³/mol. The van der Waals surface area contributed by atoms with Gasteiger partial charge in [-0.05, 0) is 24.5 Å². The third-order valence-corrected chi connectivity index (χ3v) is 4.18. The van der Waals surface area contributed by atoms with Crippen molar-refractivity contribution in [1.82, 2.24) is 9.80 Å². The minimum atomic E-state index is -4.57. The molecule has 0 atom stereocenters. The van der Waals surface area contributed by atoms with Gasteiger partial charge in [0.25, 0.3) is 5.91 Å². The fourth-order valence-corrected chi connectivity index (χ4v) is 2.94. The summed E-state index contributed by atoms with van der Waals surface area (Å²) in [5, 5.41) is 0. The lowest BCUT2D eigenvalue weighted by atomic mass is 10.1. The van der Waals surface area contributed by atoms with Crippen LogP contribution in [0.1, 0.15) is 42.6 Å². The van der Waals surface area contributed by atoms with Crippen molar-refractivity contribution >= 4 is 11.8 Å². The lowest BCUT2D eigenvalue weighted by Gasteiger charge is -2.24. The Bertz CT molecular complexity index is 629. The molecule has 138 valence electrons. The summed E-state index contributed by atoms with van der Waals surface area (Å²) in [4.78, 5) is 27.9. The Balaban J connectivity index is 2.11. The lowest BCUT2D eigenvalue weighted by Crippen LogP contribution is -2.38. The third-order valence-electron chi connectivity index (χ3n) is 4.18. The minimum absolute atomic E-state index is 0.0278. The van der Waals surface area contributed by atoms with Crippen molar-refractivity contribution in [3.05, 3.63) is 35.4 Å². The average molecular weight is 356 g/mol. The Kier molecular flexibility index (Phi) is 6.08. The number of carbonyl (C=O) groups is 2. The topological polar surface area (TPSA) is 40.6 Å². The summed E-state index contributed by atoms with van der Waals surface area (Å²) >= 11 is 0. The normalized spacial score (nSPS) is 16.1. The lowest BCUT2D eigenvalue weighted by molar-refractivity contribution is -0.138. The molecule has 0 saturated carbocycles. The van der Waals surface area contributed by atoms with Crippen LogP contribution in [-0.4, -0.2) is 47.8 Å². The molecule has 0 bridgehead atoms. The van der Waals surface area contributed by atoms with Crippen LogP contribution < -0.4 is 0 Å². The Hall–Kier alpha value is -2.05. The number of carbonyl (C=O) groups excluding carboxylic acids is 2. The van der Waals surface area contributed by atoms with E-state index in [-0.39, 0.29) is 23.9 Å². The van der Waals surface area contributed by atoms with E-state index in [2.05, 4.69) is 0 Å². The highest BCUT2D eigenvalue weighted by Crippen LogP contribution is 2.32. The van der Waals surface area contributed by atoms with Crippen molar-refractivity contribution < 1.29 is 22.8 Å². The molecule has 2 amide bonds. The van der Waals surface area contributed by atoms with Gasteiger partial charge in [-0.25, -0.2) is 0 Å². The molecule has 1 fully saturated rings. The SMILES string of the molecule is CC(C)CC(=O)N1CCCN(C(=O)c2ccccc2C(F)(F)F)CC1. The van der Waals surface area contributed by atoms with Crippen LogP contribution in [0.3, 0.4) is 0 Å². The minimum Gasteiger partial charge on any atom is -0.341 e. The van der Waals surface area contributed by atoms with Crippen molar-refractivity contribution in [3.8, 4) is 0 Å². The Labute approximate surface area is 145 Å². The van der Waals surface area contributed by atoms with E-state index in [1.807, 2.05) is 13.8 Å². The van der Waals surface area contributed by atoms with E-state index in [0.29, 0.717) is 32.5 Å².